The number of amides is 2. The summed E-state index contributed by atoms with van der Waals surface area (Å²) in [4.78, 5) is 29.1. The van der Waals surface area contributed by atoms with Gasteiger partial charge in [-0.1, -0.05) is 55.6 Å². The number of anilines is 2. The Bertz CT molecular complexity index is 942. The number of hydrogen-bond acceptors (Lipinski definition) is 3. The van der Waals surface area contributed by atoms with E-state index in [1.54, 1.807) is 54.6 Å². The topological polar surface area (TPSA) is 71.1 Å². The van der Waals surface area contributed by atoms with E-state index in [2.05, 4.69) is 28.8 Å². The highest BCUT2D eigenvalue weighted by molar-refractivity contribution is 6.06. The monoisotopic (exact) mass is 369 g/mol. The maximum Gasteiger partial charge on any atom is 0.274 e. The lowest BCUT2D eigenvalue weighted by Gasteiger charge is -2.08. The van der Waals surface area contributed by atoms with Crippen LogP contribution in [0.25, 0.3) is 12.2 Å². The second-order valence-electron chi connectivity index (χ2n) is 5.97. The summed E-state index contributed by atoms with van der Waals surface area (Å²) in [5.41, 5.74) is 3.49. The zero-order chi connectivity index (χ0) is 19.9. The van der Waals surface area contributed by atoms with Gasteiger partial charge in [0, 0.05) is 11.4 Å². The minimum atomic E-state index is -0.392. The molecule has 3 aromatic rings. The highest BCUT2D eigenvalue weighted by Gasteiger charge is 2.13. The van der Waals surface area contributed by atoms with Crippen LogP contribution in [0.3, 0.4) is 0 Å². The largest absolute Gasteiger partial charge is 0.321 e. The number of nitrogens with one attached hydrogen (secondary N) is 2. The minimum absolute atomic E-state index is 0.155. The lowest BCUT2D eigenvalue weighted by Crippen LogP contribution is -2.18. The lowest BCUT2D eigenvalue weighted by atomic mass is 10.2. The van der Waals surface area contributed by atoms with Gasteiger partial charge in [-0.2, -0.15) is 0 Å². The van der Waals surface area contributed by atoms with Crippen molar-refractivity contribution in [2.24, 2.45) is 0 Å². The molecule has 0 aliphatic heterocycles. The standard InChI is InChI=1S/C23H19N3O2/c1-3-16-8-12-18(13-9-16)24-22(27)20-6-5-7-21(26-20)23(28)25-19-14-10-17(4-2)11-15-19/h3-15H,1-2H2,(H,24,27)(H,25,28). The Balaban J connectivity index is 1.70. The van der Waals surface area contributed by atoms with Gasteiger partial charge in [-0.15, -0.1) is 0 Å². The first kappa shape index (κ1) is 18.8. The van der Waals surface area contributed by atoms with Crippen LogP contribution in [0.1, 0.15) is 32.1 Å². The Hall–Kier alpha value is -3.99. The van der Waals surface area contributed by atoms with Gasteiger partial charge in [-0.05, 0) is 47.5 Å². The molecule has 0 radical (unpaired) electrons. The van der Waals surface area contributed by atoms with E-state index in [9.17, 15) is 9.59 Å². The fourth-order valence-electron chi connectivity index (χ4n) is 2.48. The Morgan fingerprint density at radius 1 is 0.679 bits per heavy atom. The fourth-order valence-corrected chi connectivity index (χ4v) is 2.48. The summed E-state index contributed by atoms with van der Waals surface area (Å²) in [6.45, 7) is 7.39. The summed E-state index contributed by atoms with van der Waals surface area (Å²) in [5, 5.41) is 5.52. The molecule has 2 amide bonds. The molecule has 5 heteroatoms. The van der Waals surface area contributed by atoms with Gasteiger partial charge in [0.15, 0.2) is 0 Å². The third kappa shape index (κ3) is 4.59. The van der Waals surface area contributed by atoms with Crippen molar-refractivity contribution in [3.63, 3.8) is 0 Å². The Morgan fingerprint density at radius 2 is 1.07 bits per heavy atom. The van der Waals surface area contributed by atoms with Gasteiger partial charge in [-0.25, -0.2) is 4.98 Å². The van der Waals surface area contributed by atoms with Gasteiger partial charge in [0.2, 0.25) is 0 Å². The first-order chi connectivity index (χ1) is 13.6. The van der Waals surface area contributed by atoms with Crippen molar-refractivity contribution in [3.8, 4) is 0 Å². The summed E-state index contributed by atoms with van der Waals surface area (Å²) >= 11 is 0. The Kier molecular flexibility index (Phi) is 5.77. The van der Waals surface area contributed by atoms with E-state index in [1.165, 1.54) is 0 Å². The molecule has 0 fully saturated rings. The molecule has 0 aliphatic carbocycles. The van der Waals surface area contributed by atoms with Crippen molar-refractivity contribution >= 4 is 35.3 Å². The molecule has 3 rings (SSSR count). The molecular weight excluding hydrogens is 350 g/mol. The van der Waals surface area contributed by atoms with Crippen LogP contribution < -0.4 is 10.6 Å². The maximum atomic E-state index is 12.4. The molecule has 5 nitrogen and oxygen atoms in total. The highest BCUT2D eigenvalue weighted by atomic mass is 16.2. The normalized spacial score (nSPS) is 10.0. The van der Waals surface area contributed by atoms with E-state index < -0.39 is 11.8 Å². The number of pyridine rings is 1. The molecule has 0 aliphatic rings. The van der Waals surface area contributed by atoms with Crippen LogP contribution >= 0.6 is 0 Å². The average molecular weight is 369 g/mol. The van der Waals surface area contributed by atoms with Crippen LogP contribution in [-0.2, 0) is 0 Å². The van der Waals surface area contributed by atoms with E-state index in [4.69, 9.17) is 0 Å². The Morgan fingerprint density at radius 3 is 1.43 bits per heavy atom. The predicted octanol–water partition coefficient (Wildman–Crippen LogP) is 4.87. The van der Waals surface area contributed by atoms with Crippen molar-refractivity contribution < 1.29 is 9.59 Å². The SMILES string of the molecule is C=Cc1ccc(NC(=O)c2cccc(C(=O)Nc3ccc(C=C)cc3)n2)cc1. The van der Waals surface area contributed by atoms with E-state index in [0.29, 0.717) is 11.4 Å². The van der Waals surface area contributed by atoms with Gasteiger partial charge < -0.3 is 10.6 Å². The number of benzene rings is 2. The molecule has 28 heavy (non-hydrogen) atoms. The molecule has 0 saturated carbocycles. The molecule has 2 aromatic carbocycles. The molecule has 1 heterocycles. The van der Waals surface area contributed by atoms with Gasteiger partial charge >= 0.3 is 0 Å². The second kappa shape index (κ2) is 8.60. The third-order valence-corrected chi connectivity index (χ3v) is 4.02. The summed E-state index contributed by atoms with van der Waals surface area (Å²) < 4.78 is 0. The average Bonchev–Trinajstić information content (AvgIpc) is 2.75. The first-order valence-electron chi connectivity index (χ1n) is 8.64. The molecule has 2 N–H and O–H groups in total. The van der Waals surface area contributed by atoms with E-state index >= 15 is 0 Å². The van der Waals surface area contributed by atoms with Crippen LogP contribution in [0.4, 0.5) is 11.4 Å². The lowest BCUT2D eigenvalue weighted by molar-refractivity contribution is 0.101. The van der Waals surface area contributed by atoms with Crippen LogP contribution in [0.2, 0.25) is 0 Å². The predicted molar refractivity (Wildman–Crippen MR) is 113 cm³/mol. The highest BCUT2D eigenvalue weighted by Crippen LogP contribution is 2.13. The van der Waals surface area contributed by atoms with Gasteiger partial charge in [-0.3, -0.25) is 9.59 Å². The summed E-state index contributed by atoms with van der Waals surface area (Å²) in [7, 11) is 0. The Labute approximate surface area is 163 Å². The molecule has 0 atom stereocenters. The van der Waals surface area contributed by atoms with Gasteiger partial charge in [0.1, 0.15) is 11.4 Å². The smallest absolute Gasteiger partial charge is 0.274 e. The zero-order valence-corrected chi connectivity index (χ0v) is 15.2. The van der Waals surface area contributed by atoms with Crippen molar-refractivity contribution in [1.82, 2.24) is 4.98 Å². The summed E-state index contributed by atoms with van der Waals surface area (Å²) in [6, 6.07) is 19.2. The van der Waals surface area contributed by atoms with Crippen LogP contribution in [0.15, 0.2) is 79.9 Å². The van der Waals surface area contributed by atoms with Gasteiger partial charge in [0.05, 0.1) is 0 Å². The van der Waals surface area contributed by atoms with E-state index in [0.717, 1.165) is 11.1 Å². The summed E-state index contributed by atoms with van der Waals surface area (Å²) in [5.74, 6) is -0.785. The number of nitrogens with zero attached hydrogens (tertiary/aromatic N) is 1. The third-order valence-electron chi connectivity index (χ3n) is 4.02. The number of rotatable bonds is 6. The number of aromatic nitrogens is 1. The van der Waals surface area contributed by atoms with Crippen LogP contribution in [0, 0.1) is 0 Å². The van der Waals surface area contributed by atoms with Crippen molar-refractivity contribution in [1.29, 1.82) is 0 Å². The van der Waals surface area contributed by atoms with Crippen molar-refractivity contribution in [2.45, 2.75) is 0 Å². The number of hydrogen-bond donors (Lipinski definition) is 2. The van der Waals surface area contributed by atoms with Crippen LogP contribution in [-0.4, -0.2) is 16.8 Å². The molecule has 0 spiro atoms. The quantitative estimate of drug-likeness (QED) is 0.651. The molecular formula is C23H19N3O2. The minimum Gasteiger partial charge on any atom is -0.321 e. The van der Waals surface area contributed by atoms with Crippen molar-refractivity contribution in [2.75, 3.05) is 10.6 Å². The molecule has 0 saturated heterocycles. The van der Waals surface area contributed by atoms with E-state index in [1.807, 2.05) is 24.3 Å². The molecule has 0 bridgehead atoms. The van der Waals surface area contributed by atoms with Crippen molar-refractivity contribution in [3.05, 3.63) is 102 Å². The molecule has 138 valence electrons. The van der Waals surface area contributed by atoms with Crippen LogP contribution in [0.5, 0.6) is 0 Å². The first-order valence-corrected chi connectivity index (χ1v) is 8.64. The van der Waals surface area contributed by atoms with E-state index in [-0.39, 0.29) is 11.4 Å². The molecule has 0 unspecified atom stereocenters. The second-order valence-corrected chi connectivity index (χ2v) is 5.97. The maximum absolute atomic E-state index is 12.4. The summed E-state index contributed by atoms with van der Waals surface area (Å²) in [6.07, 6.45) is 3.44. The number of carbonyl (C=O) groups excluding carboxylic acids is 2. The fraction of sp³-hybridized carbons (Fsp3) is 0. The number of carbonyl (C=O) groups is 2. The molecule has 1 aromatic heterocycles. The van der Waals surface area contributed by atoms with Gasteiger partial charge in [0.25, 0.3) is 11.8 Å². The zero-order valence-electron chi connectivity index (χ0n) is 15.2.